The summed E-state index contributed by atoms with van der Waals surface area (Å²) in [4.78, 5) is 12.2. The van der Waals surface area contributed by atoms with Crippen molar-refractivity contribution in [1.82, 2.24) is 14.8 Å². The Balaban J connectivity index is 1.71. The smallest absolute Gasteiger partial charge is 0.237 e. The molecule has 1 atom stereocenters. The van der Waals surface area contributed by atoms with E-state index in [1.54, 1.807) is 30.7 Å². The van der Waals surface area contributed by atoms with Gasteiger partial charge in [-0.15, -0.1) is 10.2 Å². The van der Waals surface area contributed by atoms with Crippen LogP contribution in [0.1, 0.15) is 6.92 Å². The van der Waals surface area contributed by atoms with Crippen LogP contribution in [0.3, 0.4) is 0 Å². The number of thioether (sulfide) groups is 1. The zero-order valence-electron chi connectivity index (χ0n) is 13.4. The van der Waals surface area contributed by atoms with Gasteiger partial charge >= 0.3 is 0 Å². The number of nitrogens with zero attached hydrogens (tertiary/aromatic N) is 3. The van der Waals surface area contributed by atoms with Crippen molar-refractivity contribution in [3.8, 4) is 11.6 Å². The fraction of sp³-hybridized carbons (Fsp3) is 0.188. The maximum Gasteiger partial charge on any atom is 0.237 e. The molecule has 1 amide bonds. The van der Waals surface area contributed by atoms with Crippen LogP contribution in [0.25, 0.3) is 11.6 Å². The van der Waals surface area contributed by atoms with Gasteiger partial charge in [-0.3, -0.25) is 4.79 Å². The van der Waals surface area contributed by atoms with Crippen LogP contribution in [0.2, 0.25) is 0 Å². The summed E-state index contributed by atoms with van der Waals surface area (Å²) < 4.78 is 33.8. The van der Waals surface area contributed by atoms with Crippen molar-refractivity contribution in [2.24, 2.45) is 7.05 Å². The van der Waals surface area contributed by atoms with E-state index in [4.69, 9.17) is 4.42 Å². The van der Waals surface area contributed by atoms with Gasteiger partial charge in [0.05, 0.1) is 17.2 Å². The first-order valence-corrected chi connectivity index (χ1v) is 8.19. The highest BCUT2D eigenvalue weighted by atomic mass is 32.2. The summed E-state index contributed by atoms with van der Waals surface area (Å²) in [6, 6.07) is 6.36. The van der Waals surface area contributed by atoms with Gasteiger partial charge in [0.2, 0.25) is 5.91 Å². The first-order chi connectivity index (χ1) is 12.0. The number of hydrogen-bond donors (Lipinski definition) is 1. The van der Waals surface area contributed by atoms with E-state index in [0.717, 1.165) is 30.0 Å². The van der Waals surface area contributed by atoms with Crippen LogP contribution < -0.4 is 5.32 Å². The number of nitrogens with one attached hydrogen (secondary N) is 1. The van der Waals surface area contributed by atoms with E-state index in [-0.39, 0.29) is 5.69 Å². The number of furan rings is 1. The van der Waals surface area contributed by atoms with Gasteiger partial charge in [-0.25, -0.2) is 8.78 Å². The number of anilines is 1. The number of carbonyl (C=O) groups excluding carboxylic acids is 1. The minimum Gasteiger partial charge on any atom is -0.461 e. The van der Waals surface area contributed by atoms with Crippen LogP contribution in [0.5, 0.6) is 0 Å². The van der Waals surface area contributed by atoms with Gasteiger partial charge in [0, 0.05) is 13.1 Å². The summed E-state index contributed by atoms with van der Waals surface area (Å²) in [6.45, 7) is 1.64. The molecule has 3 aromatic rings. The van der Waals surface area contributed by atoms with E-state index >= 15 is 0 Å². The number of carbonyl (C=O) groups is 1. The summed E-state index contributed by atoms with van der Waals surface area (Å²) >= 11 is 1.15. The molecule has 0 aliphatic rings. The van der Waals surface area contributed by atoms with Crippen molar-refractivity contribution in [2.75, 3.05) is 5.32 Å². The Morgan fingerprint density at radius 3 is 2.84 bits per heavy atom. The van der Waals surface area contributed by atoms with Crippen LogP contribution in [-0.2, 0) is 11.8 Å². The molecule has 1 aromatic carbocycles. The maximum atomic E-state index is 13.6. The largest absolute Gasteiger partial charge is 0.461 e. The standard InChI is InChI=1S/C16H14F2N4O2S/c1-9(15(23)19-12-8-10(17)5-6-11(12)18)25-16-21-20-14(22(16)2)13-4-3-7-24-13/h3-9H,1-2H3,(H,19,23)/t9-/m1/s1. The Morgan fingerprint density at radius 1 is 1.32 bits per heavy atom. The maximum absolute atomic E-state index is 13.6. The van der Waals surface area contributed by atoms with E-state index in [0.29, 0.717) is 16.7 Å². The van der Waals surface area contributed by atoms with Crippen molar-refractivity contribution in [3.05, 3.63) is 48.2 Å². The van der Waals surface area contributed by atoms with Crippen LogP contribution in [0.4, 0.5) is 14.5 Å². The molecule has 0 unspecified atom stereocenters. The van der Waals surface area contributed by atoms with Gasteiger partial charge in [-0.1, -0.05) is 11.8 Å². The van der Waals surface area contributed by atoms with Crippen molar-refractivity contribution in [2.45, 2.75) is 17.3 Å². The summed E-state index contributed by atoms with van der Waals surface area (Å²) in [6.07, 6.45) is 1.53. The van der Waals surface area contributed by atoms with Crippen molar-refractivity contribution in [3.63, 3.8) is 0 Å². The normalized spacial score (nSPS) is 12.2. The molecule has 0 saturated heterocycles. The molecule has 2 aromatic heterocycles. The van der Waals surface area contributed by atoms with E-state index in [9.17, 15) is 13.6 Å². The SMILES string of the molecule is C[C@@H](Sc1nnc(-c2ccco2)n1C)C(=O)Nc1cc(F)ccc1F. The highest BCUT2D eigenvalue weighted by Gasteiger charge is 2.21. The third-order valence-corrected chi connectivity index (χ3v) is 4.55. The van der Waals surface area contributed by atoms with Gasteiger partial charge in [-0.05, 0) is 31.2 Å². The molecule has 2 heterocycles. The quantitative estimate of drug-likeness (QED) is 0.702. The average Bonchev–Trinajstić information content (AvgIpc) is 3.21. The van der Waals surface area contributed by atoms with Gasteiger partial charge < -0.3 is 14.3 Å². The minimum absolute atomic E-state index is 0.202. The second-order valence-corrected chi connectivity index (χ2v) is 6.52. The minimum atomic E-state index is -0.703. The Morgan fingerprint density at radius 2 is 2.12 bits per heavy atom. The molecule has 0 radical (unpaired) electrons. The first-order valence-electron chi connectivity index (χ1n) is 7.31. The average molecular weight is 364 g/mol. The van der Waals surface area contributed by atoms with E-state index in [1.165, 1.54) is 6.26 Å². The number of rotatable bonds is 5. The molecule has 9 heteroatoms. The summed E-state index contributed by atoms with van der Waals surface area (Å²) in [5, 5.41) is 10.3. The Hall–Kier alpha value is -2.68. The lowest BCUT2D eigenvalue weighted by Crippen LogP contribution is -2.23. The molecule has 0 aliphatic carbocycles. The van der Waals surface area contributed by atoms with Crippen molar-refractivity contribution < 1.29 is 18.0 Å². The zero-order valence-corrected chi connectivity index (χ0v) is 14.2. The van der Waals surface area contributed by atoms with Crippen LogP contribution in [0, 0.1) is 11.6 Å². The molecule has 130 valence electrons. The van der Waals surface area contributed by atoms with E-state index in [1.807, 2.05) is 0 Å². The second-order valence-electron chi connectivity index (χ2n) is 5.22. The molecular formula is C16H14F2N4O2S. The topological polar surface area (TPSA) is 73.0 Å². The fourth-order valence-corrected chi connectivity index (χ4v) is 2.89. The van der Waals surface area contributed by atoms with Gasteiger partial charge in [0.25, 0.3) is 0 Å². The predicted octanol–water partition coefficient (Wildman–Crippen LogP) is 3.47. The molecule has 6 nitrogen and oxygen atoms in total. The molecule has 0 fully saturated rings. The van der Waals surface area contributed by atoms with Crippen LogP contribution in [0.15, 0.2) is 46.2 Å². The number of halogens is 2. The van der Waals surface area contributed by atoms with E-state index in [2.05, 4.69) is 15.5 Å². The molecule has 0 spiro atoms. The molecule has 0 saturated carbocycles. The van der Waals surface area contributed by atoms with Crippen LogP contribution >= 0.6 is 11.8 Å². The highest BCUT2D eigenvalue weighted by molar-refractivity contribution is 8.00. The first kappa shape index (κ1) is 17.2. The van der Waals surface area contributed by atoms with Crippen molar-refractivity contribution >= 4 is 23.4 Å². The highest BCUT2D eigenvalue weighted by Crippen LogP contribution is 2.26. The number of hydrogen-bond acceptors (Lipinski definition) is 5. The third-order valence-electron chi connectivity index (χ3n) is 3.41. The zero-order chi connectivity index (χ0) is 18.0. The fourth-order valence-electron chi connectivity index (χ4n) is 2.08. The monoisotopic (exact) mass is 364 g/mol. The van der Waals surface area contributed by atoms with Gasteiger partial charge in [0.1, 0.15) is 11.6 Å². The Bertz CT molecular complexity index is 896. The number of benzene rings is 1. The van der Waals surface area contributed by atoms with Crippen molar-refractivity contribution in [1.29, 1.82) is 0 Å². The second kappa shape index (κ2) is 7.06. The molecule has 25 heavy (non-hydrogen) atoms. The molecule has 1 N–H and O–H groups in total. The Labute approximate surface area is 146 Å². The molecule has 3 rings (SSSR count). The van der Waals surface area contributed by atoms with E-state index < -0.39 is 22.8 Å². The summed E-state index contributed by atoms with van der Waals surface area (Å²) in [5.41, 5.74) is -0.202. The Kier molecular flexibility index (Phi) is 4.84. The lowest BCUT2D eigenvalue weighted by molar-refractivity contribution is -0.115. The summed E-state index contributed by atoms with van der Waals surface area (Å²) in [7, 11) is 1.75. The third kappa shape index (κ3) is 3.71. The van der Waals surface area contributed by atoms with Gasteiger partial charge in [0.15, 0.2) is 16.7 Å². The molecular weight excluding hydrogens is 350 g/mol. The number of aromatic nitrogens is 3. The molecule has 0 bridgehead atoms. The van der Waals surface area contributed by atoms with Gasteiger partial charge in [-0.2, -0.15) is 0 Å². The van der Waals surface area contributed by atoms with Crippen LogP contribution in [-0.4, -0.2) is 25.9 Å². The predicted molar refractivity (Wildman–Crippen MR) is 89.0 cm³/mol. The lowest BCUT2D eigenvalue weighted by Gasteiger charge is -2.12. The lowest BCUT2D eigenvalue weighted by atomic mass is 10.3. The number of amides is 1. The molecule has 0 aliphatic heterocycles. The summed E-state index contributed by atoms with van der Waals surface area (Å²) in [5.74, 6) is -0.728.